The molecule has 1 aliphatic rings. The number of aromatic nitrogens is 1. The standard InChI is InChI=1S/C13H14N2O3/c16-12(17)9-4-3-7-15(8-9)13-14-10-5-1-2-6-11(10)18-13/h1-2,5-6,9H,3-4,7-8H2,(H,16,17)/p-1. The van der Waals surface area contributed by atoms with Crippen LogP contribution in [0, 0.1) is 5.92 Å². The molecule has 0 radical (unpaired) electrons. The Balaban J connectivity index is 1.87. The van der Waals surface area contributed by atoms with E-state index >= 15 is 0 Å². The van der Waals surface area contributed by atoms with Crippen molar-refractivity contribution in [1.82, 2.24) is 4.98 Å². The molecule has 0 amide bonds. The average Bonchev–Trinajstić information content (AvgIpc) is 2.82. The Bertz CT molecular complexity index is 545. The summed E-state index contributed by atoms with van der Waals surface area (Å²) in [5.41, 5.74) is 1.52. The minimum absolute atomic E-state index is 0.412. The highest BCUT2D eigenvalue weighted by Gasteiger charge is 2.24. The summed E-state index contributed by atoms with van der Waals surface area (Å²) in [7, 11) is 0. The number of carbonyl (C=O) groups is 1. The van der Waals surface area contributed by atoms with E-state index in [0.717, 1.165) is 24.1 Å². The largest absolute Gasteiger partial charge is 0.550 e. The summed E-state index contributed by atoms with van der Waals surface area (Å²) in [4.78, 5) is 17.2. The van der Waals surface area contributed by atoms with Gasteiger partial charge in [0, 0.05) is 25.0 Å². The Labute approximate surface area is 104 Å². The smallest absolute Gasteiger partial charge is 0.298 e. The van der Waals surface area contributed by atoms with Crippen molar-refractivity contribution < 1.29 is 14.3 Å². The van der Waals surface area contributed by atoms with Gasteiger partial charge in [0.15, 0.2) is 5.58 Å². The molecule has 1 aromatic heterocycles. The Hall–Kier alpha value is -2.04. The van der Waals surface area contributed by atoms with Gasteiger partial charge in [0.05, 0.1) is 0 Å². The molecule has 0 saturated carbocycles. The molecule has 1 fully saturated rings. The molecule has 1 unspecified atom stereocenters. The molecule has 2 aromatic rings. The molecule has 0 spiro atoms. The van der Waals surface area contributed by atoms with E-state index in [1.165, 1.54) is 0 Å². The number of carboxylic acid groups (broad SMARTS) is 1. The third-order valence-electron chi connectivity index (χ3n) is 3.31. The first-order chi connectivity index (χ1) is 8.74. The summed E-state index contributed by atoms with van der Waals surface area (Å²) in [6.07, 6.45) is 1.48. The second-order valence-electron chi connectivity index (χ2n) is 4.57. The van der Waals surface area contributed by atoms with E-state index in [1.54, 1.807) is 0 Å². The molecule has 1 atom stereocenters. The fourth-order valence-corrected chi connectivity index (χ4v) is 2.34. The highest BCUT2D eigenvalue weighted by Crippen LogP contribution is 2.25. The van der Waals surface area contributed by atoms with Crippen LogP contribution < -0.4 is 10.0 Å². The maximum Gasteiger partial charge on any atom is 0.298 e. The number of para-hydroxylation sites is 2. The normalized spacial score (nSPS) is 20.2. The molecule has 5 nitrogen and oxygen atoms in total. The Morgan fingerprint density at radius 2 is 2.28 bits per heavy atom. The summed E-state index contributed by atoms with van der Waals surface area (Å²) in [5.74, 6) is -1.43. The fraction of sp³-hybridized carbons (Fsp3) is 0.385. The lowest BCUT2D eigenvalue weighted by Crippen LogP contribution is -2.44. The maximum absolute atomic E-state index is 10.9. The molecule has 2 heterocycles. The molecule has 0 aliphatic carbocycles. The van der Waals surface area contributed by atoms with Crippen LogP contribution in [-0.4, -0.2) is 24.0 Å². The number of hydrogen-bond donors (Lipinski definition) is 0. The maximum atomic E-state index is 10.9. The summed E-state index contributed by atoms with van der Waals surface area (Å²) in [6, 6.07) is 8.02. The van der Waals surface area contributed by atoms with Gasteiger partial charge >= 0.3 is 0 Å². The van der Waals surface area contributed by atoms with Gasteiger partial charge in [0.2, 0.25) is 0 Å². The summed E-state index contributed by atoms with van der Waals surface area (Å²) in [6.45, 7) is 1.19. The van der Waals surface area contributed by atoms with Gasteiger partial charge < -0.3 is 19.2 Å². The van der Waals surface area contributed by atoms with Gasteiger partial charge in [-0.05, 0) is 25.0 Å². The van der Waals surface area contributed by atoms with Crippen molar-refractivity contribution in [2.24, 2.45) is 5.92 Å². The van der Waals surface area contributed by atoms with Crippen LogP contribution in [0.4, 0.5) is 6.01 Å². The molecular formula is C13H13N2O3-. The number of oxazole rings is 1. The van der Waals surface area contributed by atoms with E-state index in [0.29, 0.717) is 19.0 Å². The molecular weight excluding hydrogens is 232 g/mol. The van der Waals surface area contributed by atoms with Crippen molar-refractivity contribution >= 4 is 23.1 Å². The van der Waals surface area contributed by atoms with Crippen molar-refractivity contribution in [3.8, 4) is 0 Å². The highest BCUT2D eigenvalue weighted by atomic mass is 16.4. The van der Waals surface area contributed by atoms with Crippen molar-refractivity contribution in [1.29, 1.82) is 0 Å². The summed E-state index contributed by atoms with van der Waals surface area (Å²) < 4.78 is 5.64. The lowest BCUT2D eigenvalue weighted by Gasteiger charge is -2.31. The molecule has 1 aromatic carbocycles. The molecule has 0 N–H and O–H groups in total. The summed E-state index contributed by atoms with van der Waals surface area (Å²) in [5, 5.41) is 10.9. The summed E-state index contributed by atoms with van der Waals surface area (Å²) >= 11 is 0. The van der Waals surface area contributed by atoms with Gasteiger partial charge in [-0.1, -0.05) is 12.1 Å². The first-order valence-corrected chi connectivity index (χ1v) is 6.05. The van der Waals surface area contributed by atoms with Gasteiger partial charge in [0.25, 0.3) is 6.01 Å². The van der Waals surface area contributed by atoms with Crippen LogP contribution in [0.25, 0.3) is 11.1 Å². The predicted octanol–water partition coefficient (Wildman–Crippen LogP) is 0.794. The van der Waals surface area contributed by atoms with Crippen LogP contribution in [0.2, 0.25) is 0 Å². The zero-order valence-electron chi connectivity index (χ0n) is 9.83. The number of anilines is 1. The van der Waals surface area contributed by atoms with Crippen LogP contribution in [0.5, 0.6) is 0 Å². The number of fused-ring (bicyclic) bond motifs is 1. The molecule has 5 heteroatoms. The second-order valence-corrected chi connectivity index (χ2v) is 4.57. The predicted molar refractivity (Wildman–Crippen MR) is 64.0 cm³/mol. The number of hydrogen-bond acceptors (Lipinski definition) is 5. The number of rotatable bonds is 2. The van der Waals surface area contributed by atoms with E-state index in [9.17, 15) is 9.90 Å². The monoisotopic (exact) mass is 245 g/mol. The molecule has 1 saturated heterocycles. The minimum atomic E-state index is -0.990. The Kier molecular flexibility index (Phi) is 2.66. The first kappa shape index (κ1) is 11.1. The zero-order chi connectivity index (χ0) is 12.5. The molecule has 18 heavy (non-hydrogen) atoms. The molecule has 0 bridgehead atoms. The molecule has 94 valence electrons. The number of benzene rings is 1. The second kappa shape index (κ2) is 4.33. The van der Waals surface area contributed by atoms with Crippen molar-refractivity contribution in [2.45, 2.75) is 12.8 Å². The average molecular weight is 245 g/mol. The van der Waals surface area contributed by atoms with Crippen LogP contribution in [-0.2, 0) is 4.79 Å². The third kappa shape index (κ3) is 1.92. The SMILES string of the molecule is O=C([O-])C1CCCN(c2nc3ccccc3o2)C1. The van der Waals surface area contributed by atoms with Gasteiger partial charge in [-0.15, -0.1) is 0 Å². The first-order valence-electron chi connectivity index (χ1n) is 6.05. The van der Waals surface area contributed by atoms with Crippen molar-refractivity contribution in [3.63, 3.8) is 0 Å². The number of piperidine rings is 1. The van der Waals surface area contributed by atoms with Crippen molar-refractivity contribution in [3.05, 3.63) is 24.3 Å². The quantitative estimate of drug-likeness (QED) is 0.782. The van der Waals surface area contributed by atoms with Crippen LogP contribution >= 0.6 is 0 Å². The molecule has 1 aliphatic heterocycles. The fourth-order valence-electron chi connectivity index (χ4n) is 2.34. The van der Waals surface area contributed by atoms with Gasteiger partial charge in [-0.25, -0.2) is 0 Å². The zero-order valence-corrected chi connectivity index (χ0v) is 9.83. The Morgan fingerprint density at radius 1 is 1.44 bits per heavy atom. The number of carboxylic acids is 1. The van der Waals surface area contributed by atoms with Crippen LogP contribution in [0.15, 0.2) is 28.7 Å². The van der Waals surface area contributed by atoms with E-state index in [4.69, 9.17) is 4.42 Å². The third-order valence-corrected chi connectivity index (χ3v) is 3.31. The molecule has 3 rings (SSSR count). The minimum Gasteiger partial charge on any atom is -0.550 e. The van der Waals surface area contributed by atoms with Crippen LogP contribution in [0.1, 0.15) is 12.8 Å². The topological polar surface area (TPSA) is 69.4 Å². The number of aliphatic carboxylic acids is 1. The van der Waals surface area contributed by atoms with Gasteiger partial charge in [-0.2, -0.15) is 4.98 Å². The van der Waals surface area contributed by atoms with E-state index in [-0.39, 0.29) is 0 Å². The van der Waals surface area contributed by atoms with E-state index in [2.05, 4.69) is 4.98 Å². The van der Waals surface area contributed by atoms with E-state index in [1.807, 2.05) is 29.2 Å². The lowest BCUT2D eigenvalue weighted by molar-refractivity contribution is -0.311. The lowest BCUT2D eigenvalue weighted by atomic mass is 9.99. The number of carbonyl (C=O) groups excluding carboxylic acids is 1. The van der Waals surface area contributed by atoms with E-state index < -0.39 is 11.9 Å². The number of nitrogens with zero attached hydrogens (tertiary/aromatic N) is 2. The van der Waals surface area contributed by atoms with Crippen LogP contribution in [0.3, 0.4) is 0 Å². The Morgan fingerprint density at radius 3 is 3.06 bits per heavy atom. The van der Waals surface area contributed by atoms with Gasteiger partial charge in [-0.3, -0.25) is 0 Å². The van der Waals surface area contributed by atoms with Gasteiger partial charge in [0.1, 0.15) is 5.52 Å². The highest BCUT2D eigenvalue weighted by molar-refractivity contribution is 5.74. The van der Waals surface area contributed by atoms with Crippen molar-refractivity contribution in [2.75, 3.05) is 18.0 Å².